The van der Waals surface area contributed by atoms with Crippen LogP contribution >= 0.6 is 15.9 Å². The summed E-state index contributed by atoms with van der Waals surface area (Å²) in [6.07, 6.45) is -0.751. The number of nitrogens with zero attached hydrogens (tertiary/aromatic N) is 3. The van der Waals surface area contributed by atoms with Gasteiger partial charge in [-0.25, -0.2) is 9.18 Å². The van der Waals surface area contributed by atoms with Gasteiger partial charge in [-0.15, -0.1) is 0 Å². The van der Waals surface area contributed by atoms with Gasteiger partial charge in [-0.1, -0.05) is 12.1 Å². The van der Waals surface area contributed by atoms with E-state index in [4.69, 9.17) is 4.74 Å². The van der Waals surface area contributed by atoms with E-state index in [2.05, 4.69) is 15.9 Å². The fraction of sp³-hybridized carbons (Fsp3) is 0.333. The molecular formula is C21H21BrFN3O4. The zero-order valence-electron chi connectivity index (χ0n) is 16.5. The summed E-state index contributed by atoms with van der Waals surface area (Å²) in [6, 6.07) is 9.69. The van der Waals surface area contributed by atoms with Gasteiger partial charge >= 0.3 is 5.69 Å². The minimum atomic E-state index is -1.22. The van der Waals surface area contributed by atoms with Gasteiger partial charge in [-0.05, 0) is 52.2 Å². The SMILES string of the molecule is COc1ccc(CN2C(=O)CCC(n3c(=O)n(C)c4c(F)c(Br)ccc43)C2O)cc1. The highest BCUT2D eigenvalue weighted by Crippen LogP contribution is 2.32. The number of aliphatic hydroxyl groups is 1. The number of carbonyl (C=O) groups excluding carboxylic acids is 1. The first kappa shape index (κ1) is 20.6. The van der Waals surface area contributed by atoms with Gasteiger partial charge in [0.1, 0.15) is 11.3 Å². The Morgan fingerprint density at radius 1 is 1.20 bits per heavy atom. The second kappa shape index (κ2) is 7.88. The first-order chi connectivity index (χ1) is 14.3. The topological polar surface area (TPSA) is 76.7 Å². The fourth-order valence-corrected chi connectivity index (χ4v) is 4.34. The molecule has 1 aromatic heterocycles. The van der Waals surface area contributed by atoms with Crippen LogP contribution in [0, 0.1) is 5.82 Å². The van der Waals surface area contributed by atoms with Gasteiger partial charge in [0.25, 0.3) is 0 Å². The van der Waals surface area contributed by atoms with Crippen LogP contribution < -0.4 is 10.4 Å². The largest absolute Gasteiger partial charge is 0.497 e. The number of rotatable bonds is 4. The van der Waals surface area contributed by atoms with E-state index < -0.39 is 23.8 Å². The molecule has 2 unspecified atom stereocenters. The summed E-state index contributed by atoms with van der Waals surface area (Å²) in [6.45, 7) is 0.194. The van der Waals surface area contributed by atoms with Gasteiger partial charge < -0.3 is 14.7 Å². The molecule has 0 radical (unpaired) electrons. The van der Waals surface area contributed by atoms with Gasteiger partial charge in [0.05, 0.1) is 23.1 Å². The molecule has 3 aromatic rings. The number of aryl methyl sites for hydroxylation is 1. The van der Waals surface area contributed by atoms with E-state index in [1.165, 1.54) is 27.1 Å². The Labute approximate surface area is 180 Å². The van der Waals surface area contributed by atoms with Gasteiger partial charge in [0.2, 0.25) is 5.91 Å². The van der Waals surface area contributed by atoms with Crippen molar-refractivity contribution >= 4 is 32.9 Å². The molecular weight excluding hydrogens is 457 g/mol. The Morgan fingerprint density at radius 2 is 1.90 bits per heavy atom. The molecule has 7 nitrogen and oxygen atoms in total. The molecule has 9 heteroatoms. The van der Waals surface area contributed by atoms with E-state index in [1.54, 1.807) is 25.3 Å². The van der Waals surface area contributed by atoms with Crippen LogP contribution in [-0.4, -0.2) is 38.4 Å². The molecule has 1 aliphatic rings. The molecule has 2 aromatic carbocycles. The first-order valence-electron chi connectivity index (χ1n) is 9.49. The van der Waals surface area contributed by atoms with Crippen LogP contribution in [0.25, 0.3) is 11.0 Å². The molecule has 0 aliphatic carbocycles. The Kier molecular flexibility index (Phi) is 5.42. The molecule has 1 fully saturated rings. The van der Waals surface area contributed by atoms with Crippen molar-refractivity contribution in [3.05, 3.63) is 62.7 Å². The van der Waals surface area contributed by atoms with Crippen LogP contribution in [0.4, 0.5) is 4.39 Å². The quantitative estimate of drug-likeness (QED) is 0.626. The van der Waals surface area contributed by atoms with Gasteiger partial charge in [0.15, 0.2) is 12.0 Å². The number of likely N-dealkylation sites (tertiary alicyclic amines) is 1. The van der Waals surface area contributed by atoms with Crippen molar-refractivity contribution in [3.8, 4) is 5.75 Å². The second-order valence-corrected chi connectivity index (χ2v) is 8.18. The summed E-state index contributed by atoms with van der Waals surface area (Å²) in [5.74, 6) is -0.0447. The van der Waals surface area contributed by atoms with Gasteiger partial charge in [-0.2, -0.15) is 0 Å². The second-order valence-electron chi connectivity index (χ2n) is 7.33. The van der Waals surface area contributed by atoms with Crippen molar-refractivity contribution in [1.82, 2.24) is 14.0 Å². The highest BCUT2D eigenvalue weighted by Gasteiger charge is 2.37. The van der Waals surface area contributed by atoms with E-state index >= 15 is 0 Å². The van der Waals surface area contributed by atoms with Crippen molar-refractivity contribution in [2.45, 2.75) is 31.7 Å². The molecule has 30 heavy (non-hydrogen) atoms. The van der Waals surface area contributed by atoms with E-state index in [0.717, 1.165) is 5.56 Å². The van der Waals surface area contributed by atoms with Crippen molar-refractivity contribution in [1.29, 1.82) is 0 Å². The zero-order valence-corrected chi connectivity index (χ0v) is 18.1. The third-order valence-corrected chi connectivity index (χ3v) is 6.23. The molecule has 158 valence electrons. The van der Waals surface area contributed by atoms with E-state index in [1.807, 2.05) is 12.1 Å². The summed E-state index contributed by atoms with van der Waals surface area (Å²) in [5, 5.41) is 11.0. The summed E-state index contributed by atoms with van der Waals surface area (Å²) in [5.41, 5.74) is 0.917. The van der Waals surface area contributed by atoms with Crippen LogP contribution in [0.5, 0.6) is 5.75 Å². The van der Waals surface area contributed by atoms with Crippen LogP contribution in [0.15, 0.2) is 45.7 Å². The minimum absolute atomic E-state index is 0.153. The lowest BCUT2D eigenvalue weighted by molar-refractivity contribution is -0.153. The van der Waals surface area contributed by atoms with E-state index in [-0.39, 0.29) is 35.3 Å². The normalized spacial score (nSPS) is 19.5. The van der Waals surface area contributed by atoms with Crippen molar-refractivity contribution in [2.75, 3.05) is 7.11 Å². The first-order valence-corrected chi connectivity index (χ1v) is 10.3. The van der Waals surface area contributed by atoms with Crippen molar-refractivity contribution < 1.29 is 19.0 Å². The Balaban J connectivity index is 1.72. The molecule has 0 spiro atoms. The predicted molar refractivity (Wildman–Crippen MR) is 113 cm³/mol. The Hall–Kier alpha value is -2.65. The summed E-state index contributed by atoms with van der Waals surface area (Å²) in [4.78, 5) is 26.8. The van der Waals surface area contributed by atoms with Crippen molar-refractivity contribution in [2.24, 2.45) is 7.05 Å². The minimum Gasteiger partial charge on any atom is -0.497 e. The number of imidazole rings is 1. The van der Waals surface area contributed by atoms with Gasteiger partial charge in [-0.3, -0.25) is 13.9 Å². The average molecular weight is 478 g/mol. The summed E-state index contributed by atoms with van der Waals surface area (Å²) < 4.78 is 22.7. The zero-order chi connectivity index (χ0) is 21.6. The fourth-order valence-electron chi connectivity index (χ4n) is 4.02. The molecule has 0 bridgehead atoms. The molecule has 1 N–H and O–H groups in total. The van der Waals surface area contributed by atoms with E-state index in [9.17, 15) is 19.1 Å². The number of benzene rings is 2. The maximum absolute atomic E-state index is 14.6. The molecule has 0 saturated carbocycles. The summed E-state index contributed by atoms with van der Waals surface area (Å²) >= 11 is 3.15. The Bertz CT molecular complexity index is 1170. The number of halogens is 2. The number of hydrogen-bond donors (Lipinski definition) is 1. The molecule has 2 heterocycles. The number of amides is 1. The lowest BCUT2D eigenvalue weighted by atomic mass is 10.0. The number of hydrogen-bond acceptors (Lipinski definition) is 4. The average Bonchev–Trinajstić information content (AvgIpc) is 2.99. The molecule has 2 atom stereocenters. The third-order valence-electron chi connectivity index (χ3n) is 5.62. The molecule has 1 amide bonds. The number of ether oxygens (including phenoxy) is 1. The molecule has 1 aliphatic heterocycles. The van der Waals surface area contributed by atoms with Crippen LogP contribution in [0.3, 0.4) is 0 Å². The number of fused-ring (bicyclic) bond motifs is 1. The number of methoxy groups -OCH3 is 1. The number of carbonyl (C=O) groups is 1. The highest BCUT2D eigenvalue weighted by molar-refractivity contribution is 9.10. The van der Waals surface area contributed by atoms with Gasteiger partial charge in [0, 0.05) is 20.0 Å². The van der Waals surface area contributed by atoms with Crippen molar-refractivity contribution in [3.63, 3.8) is 0 Å². The maximum atomic E-state index is 14.6. The smallest absolute Gasteiger partial charge is 0.329 e. The lowest BCUT2D eigenvalue weighted by Crippen LogP contribution is -2.50. The lowest BCUT2D eigenvalue weighted by Gasteiger charge is -2.38. The predicted octanol–water partition coefficient (Wildman–Crippen LogP) is 2.93. The maximum Gasteiger partial charge on any atom is 0.329 e. The molecule has 1 saturated heterocycles. The number of aliphatic hydroxyl groups excluding tert-OH is 1. The summed E-state index contributed by atoms with van der Waals surface area (Å²) in [7, 11) is 3.06. The van der Waals surface area contributed by atoms with Crippen LogP contribution in [-0.2, 0) is 18.4 Å². The molecule has 4 rings (SSSR count). The van der Waals surface area contributed by atoms with E-state index in [0.29, 0.717) is 11.3 Å². The highest BCUT2D eigenvalue weighted by atomic mass is 79.9. The third kappa shape index (κ3) is 3.31. The standard InChI is InChI=1S/C21H21BrFN3O4/c1-24-19-15(8-7-14(22)18(19)23)26(21(24)29)16-9-10-17(27)25(20(16)28)11-12-3-5-13(30-2)6-4-12/h3-8,16,20,28H,9-11H2,1-2H3. The van der Waals surface area contributed by atoms with Crippen LogP contribution in [0.2, 0.25) is 0 Å². The van der Waals surface area contributed by atoms with Crippen LogP contribution in [0.1, 0.15) is 24.4 Å². The number of piperidine rings is 1. The Morgan fingerprint density at radius 3 is 2.57 bits per heavy atom. The number of aromatic nitrogens is 2. The monoisotopic (exact) mass is 477 g/mol.